The molecule has 1 amide bonds. The SMILES string of the molecule is CCCNc1cc(C(=O)N(C)Cc2cccs2)c(Cl)cn1. The van der Waals surface area contributed by atoms with Gasteiger partial charge in [-0.2, -0.15) is 0 Å². The lowest BCUT2D eigenvalue weighted by Gasteiger charge is -2.17. The Morgan fingerprint density at radius 2 is 2.33 bits per heavy atom. The molecule has 0 aliphatic heterocycles. The van der Waals surface area contributed by atoms with Gasteiger partial charge in [-0.05, 0) is 23.9 Å². The number of anilines is 1. The zero-order valence-corrected chi connectivity index (χ0v) is 13.7. The Hall–Kier alpha value is -1.59. The molecule has 0 aliphatic carbocycles. The van der Waals surface area contributed by atoms with Crippen molar-refractivity contribution in [2.75, 3.05) is 18.9 Å². The van der Waals surface area contributed by atoms with Crippen molar-refractivity contribution in [1.82, 2.24) is 9.88 Å². The molecule has 2 rings (SSSR count). The first-order valence-corrected chi connectivity index (χ1v) is 8.04. The number of pyridine rings is 1. The van der Waals surface area contributed by atoms with Crippen molar-refractivity contribution in [2.45, 2.75) is 19.9 Å². The van der Waals surface area contributed by atoms with Crippen LogP contribution in [-0.2, 0) is 6.54 Å². The molecule has 21 heavy (non-hydrogen) atoms. The maximum absolute atomic E-state index is 12.5. The van der Waals surface area contributed by atoms with Crippen LogP contribution in [0.25, 0.3) is 0 Å². The summed E-state index contributed by atoms with van der Waals surface area (Å²) in [5.41, 5.74) is 0.476. The molecule has 0 fully saturated rings. The number of hydrogen-bond donors (Lipinski definition) is 1. The van der Waals surface area contributed by atoms with E-state index in [9.17, 15) is 4.79 Å². The monoisotopic (exact) mass is 323 g/mol. The van der Waals surface area contributed by atoms with Crippen molar-refractivity contribution in [3.05, 3.63) is 45.2 Å². The molecule has 0 bridgehead atoms. The third-order valence-electron chi connectivity index (χ3n) is 2.96. The average molecular weight is 324 g/mol. The van der Waals surface area contributed by atoms with Crippen LogP contribution in [0.2, 0.25) is 5.02 Å². The minimum absolute atomic E-state index is 0.102. The second-order valence-electron chi connectivity index (χ2n) is 4.72. The number of nitrogens with zero attached hydrogens (tertiary/aromatic N) is 2. The molecule has 0 radical (unpaired) electrons. The molecule has 0 atom stereocenters. The molecule has 6 heteroatoms. The highest BCUT2D eigenvalue weighted by Gasteiger charge is 2.17. The first-order valence-electron chi connectivity index (χ1n) is 6.79. The van der Waals surface area contributed by atoms with Crippen molar-refractivity contribution in [1.29, 1.82) is 0 Å². The summed E-state index contributed by atoms with van der Waals surface area (Å²) in [5, 5.41) is 5.54. The van der Waals surface area contributed by atoms with Gasteiger partial charge in [0.25, 0.3) is 5.91 Å². The van der Waals surface area contributed by atoms with E-state index in [0.717, 1.165) is 17.8 Å². The molecule has 2 aromatic heterocycles. The number of halogens is 1. The van der Waals surface area contributed by atoms with Gasteiger partial charge in [0, 0.05) is 24.7 Å². The Morgan fingerprint density at radius 3 is 3.00 bits per heavy atom. The zero-order chi connectivity index (χ0) is 15.2. The minimum Gasteiger partial charge on any atom is -0.370 e. The molecular weight excluding hydrogens is 306 g/mol. The smallest absolute Gasteiger partial charge is 0.255 e. The molecule has 0 spiro atoms. The fraction of sp³-hybridized carbons (Fsp3) is 0.333. The summed E-state index contributed by atoms with van der Waals surface area (Å²) in [7, 11) is 1.78. The molecule has 0 saturated carbocycles. The quantitative estimate of drug-likeness (QED) is 0.877. The van der Waals surface area contributed by atoms with Crippen molar-refractivity contribution in [3.63, 3.8) is 0 Å². The second kappa shape index (κ2) is 7.43. The van der Waals surface area contributed by atoms with Crippen LogP contribution in [0.3, 0.4) is 0 Å². The number of hydrogen-bond acceptors (Lipinski definition) is 4. The molecule has 0 aromatic carbocycles. The lowest BCUT2D eigenvalue weighted by Crippen LogP contribution is -2.26. The minimum atomic E-state index is -0.102. The summed E-state index contributed by atoms with van der Waals surface area (Å²) in [6, 6.07) is 5.70. The zero-order valence-electron chi connectivity index (χ0n) is 12.1. The molecule has 2 heterocycles. The molecule has 1 N–H and O–H groups in total. The van der Waals surface area contributed by atoms with Gasteiger partial charge in [-0.25, -0.2) is 4.98 Å². The van der Waals surface area contributed by atoms with Gasteiger partial charge in [0.05, 0.1) is 17.1 Å². The molecule has 2 aromatic rings. The molecule has 0 unspecified atom stereocenters. The molecular formula is C15H18ClN3OS. The highest BCUT2D eigenvalue weighted by Crippen LogP contribution is 2.21. The summed E-state index contributed by atoms with van der Waals surface area (Å²) in [5.74, 6) is 0.574. The average Bonchev–Trinajstić information content (AvgIpc) is 2.98. The Bertz CT molecular complexity index is 601. The van der Waals surface area contributed by atoms with Crippen molar-refractivity contribution >= 4 is 34.7 Å². The van der Waals surface area contributed by atoms with Crippen molar-refractivity contribution in [3.8, 4) is 0 Å². The number of amides is 1. The highest BCUT2D eigenvalue weighted by molar-refractivity contribution is 7.09. The van der Waals surface area contributed by atoms with E-state index in [0.29, 0.717) is 22.9 Å². The number of thiophene rings is 1. The molecule has 4 nitrogen and oxygen atoms in total. The van der Waals surface area contributed by atoms with Crippen LogP contribution >= 0.6 is 22.9 Å². The summed E-state index contributed by atoms with van der Waals surface area (Å²) in [6.07, 6.45) is 2.51. The summed E-state index contributed by atoms with van der Waals surface area (Å²) >= 11 is 7.75. The lowest BCUT2D eigenvalue weighted by atomic mass is 10.2. The Kier molecular flexibility index (Phi) is 5.59. The number of rotatable bonds is 6. The molecule has 0 saturated heterocycles. The van der Waals surface area contributed by atoms with Gasteiger partial charge in [-0.1, -0.05) is 24.6 Å². The number of carbonyl (C=O) groups is 1. The third kappa shape index (κ3) is 4.19. The van der Waals surface area contributed by atoms with Crippen molar-refractivity contribution in [2.24, 2.45) is 0 Å². The van der Waals surface area contributed by atoms with Crippen LogP contribution in [0.15, 0.2) is 29.8 Å². The summed E-state index contributed by atoms with van der Waals surface area (Å²) < 4.78 is 0. The predicted molar refractivity (Wildman–Crippen MR) is 88.1 cm³/mol. The summed E-state index contributed by atoms with van der Waals surface area (Å²) in [6.45, 7) is 3.46. The Morgan fingerprint density at radius 1 is 1.52 bits per heavy atom. The van der Waals surface area contributed by atoms with Gasteiger partial charge >= 0.3 is 0 Å². The van der Waals surface area contributed by atoms with Gasteiger partial charge in [0.1, 0.15) is 5.82 Å². The van der Waals surface area contributed by atoms with Gasteiger partial charge < -0.3 is 10.2 Å². The van der Waals surface area contributed by atoms with Crippen LogP contribution in [0.5, 0.6) is 0 Å². The maximum atomic E-state index is 12.5. The second-order valence-corrected chi connectivity index (χ2v) is 6.16. The van der Waals surface area contributed by atoms with Crippen LogP contribution in [0, 0.1) is 0 Å². The van der Waals surface area contributed by atoms with E-state index >= 15 is 0 Å². The van der Waals surface area contributed by atoms with Crippen LogP contribution < -0.4 is 5.32 Å². The summed E-state index contributed by atoms with van der Waals surface area (Å²) in [4.78, 5) is 19.5. The van der Waals surface area contributed by atoms with E-state index in [1.807, 2.05) is 17.5 Å². The highest BCUT2D eigenvalue weighted by atomic mass is 35.5. The topological polar surface area (TPSA) is 45.2 Å². The van der Waals surface area contributed by atoms with E-state index < -0.39 is 0 Å². The van der Waals surface area contributed by atoms with E-state index in [-0.39, 0.29) is 5.91 Å². The fourth-order valence-corrected chi connectivity index (χ4v) is 2.81. The Balaban J connectivity index is 2.13. The van der Waals surface area contributed by atoms with Crippen molar-refractivity contribution < 1.29 is 4.79 Å². The van der Waals surface area contributed by atoms with E-state index in [2.05, 4.69) is 17.2 Å². The van der Waals surface area contributed by atoms with E-state index in [4.69, 9.17) is 11.6 Å². The van der Waals surface area contributed by atoms with Crippen LogP contribution in [0.4, 0.5) is 5.82 Å². The third-order valence-corrected chi connectivity index (χ3v) is 4.12. The lowest BCUT2D eigenvalue weighted by molar-refractivity contribution is 0.0786. The van der Waals surface area contributed by atoms with Gasteiger partial charge in [0.15, 0.2) is 0 Å². The first kappa shape index (κ1) is 15.8. The maximum Gasteiger partial charge on any atom is 0.255 e. The largest absolute Gasteiger partial charge is 0.370 e. The van der Waals surface area contributed by atoms with Gasteiger partial charge in [-0.3, -0.25) is 4.79 Å². The number of aromatic nitrogens is 1. The molecule has 0 aliphatic rings. The number of nitrogens with one attached hydrogen (secondary N) is 1. The van der Waals surface area contributed by atoms with Crippen LogP contribution in [-0.4, -0.2) is 29.4 Å². The molecule has 112 valence electrons. The van der Waals surface area contributed by atoms with Crippen LogP contribution in [0.1, 0.15) is 28.6 Å². The van der Waals surface area contributed by atoms with Gasteiger partial charge in [0.2, 0.25) is 0 Å². The number of carbonyl (C=O) groups excluding carboxylic acids is 1. The fourth-order valence-electron chi connectivity index (χ4n) is 1.87. The first-order chi connectivity index (χ1) is 10.1. The Labute approximate surface area is 133 Å². The van der Waals surface area contributed by atoms with E-state index in [1.165, 1.54) is 6.20 Å². The predicted octanol–water partition coefficient (Wildman–Crippen LogP) is 3.89. The van der Waals surface area contributed by atoms with Gasteiger partial charge in [-0.15, -0.1) is 11.3 Å². The standard InChI is InChI=1S/C15H18ClN3OS/c1-3-6-17-14-8-12(13(16)9-18-14)15(20)19(2)10-11-5-4-7-21-11/h4-5,7-9H,3,6,10H2,1-2H3,(H,17,18). The van der Waals surface area contributed by atoms with E-state index in [1.54, 1.807) is 29.4 Å². The normalized spacial score (nSPS) is 10.4.